The van der Waals surface area contributed by atoms with Crippen molar-refractivity contribution in [2.75, 3.05) is 33.3 Å². The number of nitrogens with zero attached hydrogens (tertiary/aromatic N) is 3. The van der Waals surface area contributed by atoms with E-state index in [-0.39, 0.29) is 0 Å². The Balaban J connectivity index is 1.43. The Morgan fingerprint density at radius 2 is 1.78 bits per heavy atom. The molecule has 0 amide bonds. The predicted molar refractivity (Wildman–Crippen MR) is 110 cm³/mol. The maximum Gasteiger partial charge on any atom is 0.212 e. The fourth-order valence-electron chi connectivity index (χ4n) is 4.52. The second-order valence-corrected chi connectivity index (χ2v) is 8.14. The number of piperazine rings is 1. The van der Waals surface area contributed by atoms with Crippen molar-refractivity contribution in [1.82, 2.24) is 14.8 Å². The first-order chi connectivity index (χ1) is 13.1. The third-order valence-electron chi connectivity index (χ3n) is 6.28. The summed E-state index contributed by atoms with van der Waals surface area (Å²) in [6, 6.07) is 12.4. The zero-order valence-electron chi connectivity index (χ0n) is 16.8. The van der Waals surface area contributed by atoms with Crippen molar-refractivity contribution in [3.8, 4) is 17.0 Å². The smallest absolute Gasteiger partial charge is 0.212 e. The van der Waals surface area contributed by atoms with Crippen molar-refractivity contribution < 1.29 is 4.74 Å². The maximum atomic E-state index is 5.17. The Bertz CT molecular complexity index is 764. The van der Waals surface area contributed by atoms with Gasteiger partial charge in [-0.25, -0.2) is 4.98 Å². The molecular weight excluding hydrogens is 334 g/mol. The van der Waals surface area contributed by atoms with Crippen molar-refractivity contribution >= 4 is 0 Å². The van der Waals surface area contributed by atoms with Crippen LogP contribution >= 0.6 is 0 Å². The number of methoxy groups -OCH3 is 1. The largest absolute Gasteiger partial charge is 0.481 e. The molecule has 1 aliphatic heterocycles. The molecule has 1 unspecified atom stereocenters. The van der Waals surface area contributed by atoms with Crippen LogP contribution in [0.2, 0.25) is 0 Å². The normalized spacial score (nSPS) is 21.3. The van der Waals surface area contributed by atoms with Gasteiger partial charge < -0.3 is 4.74 Å². The minimum atomic E-state index is 0.664. The predicted octanol–water partition coefficient (Wildman–Crippen LogP) is 3.64. The average Bonchev–Trinajstić information content (AvgIpc) is 2.73. The number of aryl methyl sites for hydroxylation is 1. The van der Waals surface area contributed by atoms with Gasteiger partial charge in [0.25, 0.3) is 0 Å². The van der Waals surface area contributed by atoms with Gasteiger partial charge >= 0.3 is 0 Å². The highest BCUT2D eigenvalue weighted by Crippen LogP contribution is 2.30. The Hall–Kier alpha value is -1.91. The van der Waals surface area contributed by atoms with E-state index in [2.05, 4.69) is 52.9 Å². The first kappa shape index (κ1) is 18.5. The number of aromatic nitrogens is 1. The summed E-state index contributed by atoms with van der Waals surface area (Å²) in [5, 5.41) is 0. The van der Waals surface area contributed by atoms with Crippen molar-refractivity contribution in [2.24, 2.45) is 0 Å². The van der Waals surface area contributed by atoms with Crippen LogP contribution in [-0.4, -0.2) is 60.2 Å². The molecule has 144 valence electrons. The lowest BCUT2D eigenvalue weighted by Crippen LogP contribution is -2.53. The zero-order chi connectivity index (χ0) is 18.8. The van der Waals surface area contributed by atoms with E-state index in [1.807, 2.05) is 12.3 Å². The molecule has 1 fully saturated rings. The molecule has 2 aromatic rings. The van der Waals surface area contributed by atoms with Crippen molar-refractivity contribution in [2.45, 2.75) is 45.2 Å². The molecule has 4 rings (SSSR count). The van der Waals surface area contributed by atoms with Crippen molar-refractivity contribution in [3.05, 3.63) is 47.7 Å². The molecular formula is C23H31N3O. The van der Waals surface area contributed by atoms with E-state index in [0.29, 0.717) is 18.0 Å². The summed E-state index contributed by atoms with van der Waals surface area (Å²) in [5.41, 5.74) is 5.46. The monoisotopic (exact) mass is 365 g/mol. The molecule has 4 heteroatoms. The highest BCUT2D eigenvalue weighted by molar-refractivity contribution is 5.64. The number of benzene rings is 1. The van der Waals surface area contributed by atoms with E-state index in [4.69, 9.17) is 4.74 Å². The summed E-state index contributed by atoms with van der Waals surface area (Å²) in [6.45, 7) is 9.47. The minimum absolute atomic E-state index is 0.664. The summed E-state index contributed by atoms with van der Waals surface area (Å²) in [4.78, 5) is 9.67. The van der Waals surface area contributed by atoms with Crippen LogP contribution in [0.1, 0.15) is 31.4 Å². The number of hydrogen-bond donors (Lipinski definition) is 0. The standard InChI is InChI=1S/C23H31N3O/c1-17(2)25-10-12-26(13-11-25)22-8-6-18-14-19(4-5-20(18)15-22)21-7-9-23(27-3)24-16-21/h4-5,7,9,14,16-17,22H,6,8,10-13,15H2,1-3H3. The summed E-state index contributed by atoms with van der Waals surface area (Å²) in [6.07, 6.45) is 5.55. The molecule has 0 saturated carbocycles. The average molecular weight is 366 g/mol. The molecule has 1 aliphatic carbocycles. The molecule has 0 spiro atoms. The van der Waals surface area contributed by atoms with E-state index in [1.165, 1.54) is 62.1 Å². The van der Waals surface area contributed by atoms with E-state index >= 15 is 0 Å². The fourth-order valence-corrected chi connectivity index (χ4v) is 4.52. The van der Waals surface area contributed by atoms with Gasteiger partial charge in [-0.05, 0) is 55.9 Å². The molecule has 4 nitrogen and oxygen atoms in total. The van der Waals surface area contributed by atoms with Crippen LogP contribution in [0.25, 0.3) is 11.1 Å². The molecule has 0 radical (unpaired) electrons. The lowest BCUT2D eigenvalue weighted by molar-refractivity contribution is 0.0730. The number of fused-ring (bicyclic) bond motifs is 1. The van der Waals surface area contributed by atoms with Crippen LogP contribution in [0.4, 0.5) is 0 Å². The lowest BCUT2D eigenvalue weighted by Gasteiger charge is -2.42. The van der Waals surface area contributed by atoms with Crippen LogP contribution in [0.5, 0.6) is 5.88 Å². The van der Waals surface area contributed by atoms with Gasteiger partial charge in [-0.1, -0.05) is 18.2 Å². The Labute approximate surface area is 163 Å². The molecule has 0 bridgehead atoms. The fraction of sp³-hybridized carbons (Fsp3) is 0.522. The van der Waals surface area contributed by atoms with Gasteiger partial charge in [-0.3, -0.25) is 9.80 Å². The molecule has 1 aromatic carbocycles. The topological polar surface area (TPSA) is 28.6 Å². The number of pyridine rings is 1. The lowest BCUT2D eigenvalue weighted by atomic mass is 9.85. The third kappa shape index (κ3) is 4.02. The van der Waals surface area contributed by atoms with Crippen LogP contribution in [0.3, 0.4) is 0 Å². The molecule has 1 aromatic heterocycles. The first-order valence-electron chi connectivity index (χ1n) is 10.2. The Morgan fingerprint density at radius 1 is 1.00 bits per heavy atom. The van der Waals surface area contributed by atoms with Crippen LogP contribution in [0.15, 0.2) is 36.5 Å². The summed E-state index contributed by atoms with van der Waals surface area (Å²) < 4.78 is 5.17. The summed E-state index contributed by atoms with van der Waals surface area (Å²) >= 11 is 0. The van der Waals surface area contributed by atoms with Gasteiger partial charge in [0, 0.05) is 56.1 Å². The molecule has 1 saturated heterocycles. The van der Waals surface area contributed by atoms with Crippen molar-refractivity contribution in [3.63, 3.8) is 0 Å². The van der Waals surface area contributed by atoms with Gasteiger partial charge in [0.05, 0.1) is 7.11 Å². The summed E-state index contributed by atoms with van der Waals surface area (Å²) in [5.74, 6) is 0.664. The molecule has 2 aliphatic rings. The Kier molecular flexibility index (Phi) is 5.46. The molecule has 1 atom stereocenters. The van der Waals surface area contributed by atoms with Gasteiger partial charge in [0.15, 0.2) is 0 Å². The van der Waals surface area contributed by atoms with Crippen LogP contribution in [-0.2, 0) is 12.8 Å². The number of hydrogen-bond acceptors (Lipinski definition) is 4. The number of ether oxygens (including phenoxy) is 1. The highest BCUT2D eigenvalue weighted by Gasteiger charge is 2.28. The number of rotatable bonds is 4. The van der Waals surface area contributed by atoms with Gasteiger partial charge in [-0.15, -0.1) is 0 Å². The zero-order valence-corrected chi connectivity index (χ0v) is 16.8. The molecule has 27 heavy (non-hydrogen) atoms. The van der Waals surface area contributed by atoms with Crippen molar-refractivity contribution in [1.29, 1.82) is 0 Å². The summed E-state index contributed by atoms with van der Waals surface area (Å²) in [7, 11) is 1.65. The van der Waals surface area contributed by atoms with E-state index in [0.717, 1.165) is 5.56 Å². The van der Waals surface area contributed by atoms with Gasteiger partial charge in [0.1, 0.15) is 0 Å². The van der Waals surface area contributed by atoms with E-state index in [1.54, 1.807) is 7.11 Å². The van der Waals surface area contributed by atoms with Crippen LogP contribution in [0, 0.1) is 0 Å². The van der Waals surface area contributed by atoms with E-state index < -0.39 is 0 Å². The molecule has 2 heterocycles. The highest BCUT2D eigenvalue weighted by atomic mass is 16.5. The van der Waals surface area contributed by atoms with E-state index in [9.17, 15) is 0 Å². The quantitative estimate of drug-likeness (QED) is 0.827. The first-order valence-corrected chi connectivity index (χ1v) is 10.2. The third-order valence-corrected chi connectivity index (χ3v) is 6.28. The molecule has 0 N–H and O–H groups in total. The van der Waals surface area contributed by atoms with Crippen LogP contribution < -0.4 is 4.74 Å². The maximum absolute atomic E-state index is 5.17. The van der Waals surface area contributed by atoms with Gasteiger partial charge in [-0.2, -0.15) is 0 Å². The van der Waals surface area contributed by atoms with Gasteiger partial charge in [0.2, 0.25) is 5.88 Å². The second-order valence-electron chi connectivity index (χ2n) is 8.14. The SMILES string of the molecule is COc1ccc(-c2ccc3c(c2)CCC(N2CCN(C(C)C)CC2)C3)cn1. The minimum Gasteiger partial charge on any atom is -0.481 e. The second kappa shape index (κ2) is 7.99. The Morgan fingerprint density at radius 3 is 2.44 bits per heavy atom.